The van der Waals surface area contributed by atoms with E-state index in [0.29, 0.717) is 5.92 Å². The van der Waals surface area contributed by atoms with Crippen LogP contribution in [0.5, 0.6) is 0 Å². The van der Waals surface area contributed by atoms with Crippen LogP contribution in [0.2, 0.25) is 0 Å². The number of hydrogen-bond donors (Lipinski definition) is 1. The van der Waals surface area contributed by atoms with Crippen LogP contribution < -0.4 is 0 Å². The van der Waals surface area contributed by atoms with Crippen LogP contribution in [0, 0.1) is 17.9 Å². The van der Waals surface area contributed by atoms with Gasteiger partial charge in [0.1, 0.15) is 11.2 Å². The molecule has 1 radical (unpaired) electrons. The summed E-state index contributed by atoms with van der Waals surface area (Å²) >= 11 is 1.73. The topological polar surface area (TPSA) is 63.1 Å². The van der Waals surface area contributed by atoms with Crippen molar-refractivity contribution in [3.8, 4) is 11.3 Å². The van der Waals surface area contributed by atoms with Gasteiger partial charge in [0.15, 0.2) is 5.78 Å². The SMILES string of the molecule is CC(C)c1cc(-c2ncnc3sc4ccc5ccccc5c4c23)[c-]c2ccccc12.CCC(CC)C(=O)/C=C(\O)C(CC)CC.[Ir]. The average molecular weight is 808 g/mol. The summed E-state index contributed by atoms with van der Waals surface area (Å²) in [7, 11) is 0. The number of carbonyl (C=O) groups excluding carboxylic acids is 1. The van der Waals surface area contributed by atoms with E-state index in [2.05, 4.69) is 91.6 Å². The van der Waals surface area contributed by atoms with Crippen molar-refractivity contribution in [3.05, 3.63) is 96.5 Å². The average Bonchev–Trinajstić information content (AvgIpc) is 3.45. The summed E-state index contributed by atoms with van der Waals surface area (Å²) in [5.41, 5.74) is 3.34. The largest absolute Gasteiger partial charge is 0.512 e. The number of fused-ring (bicyclic) bond motifs is 6. The maximum atomic E-state index is 11.7. The fraction of sp³-hybridized carbons (Fsp3) is 0.325. The standard InChI is InChI=1S/C27H19N2S.C13H24O2.Ir/c1-16(2)22-14-19(13-18-8-4-5-9-20(18)22)26-25-24-21-10-6-3-7-17(21)11-12-23(24)30-27(25)29-15-28-26;1-5-10(6-2)12(14)9-13(15)11(7-3)8-4;/h3-12,14-16H,1-2H3;9-11,14H,5-8H2,1-4H3;/q-1;;/b;12-9-;. The number of aromatic nitrogens is 2. The van der Waals surface area contributed by atoms with Crippen LogP contribution in [0.1, 0.15) is 78.7 Å². The minimum Gasteiger partial charge on any atom is -0.512 e. The molecule has 1 N–H and O–H groups in total. The molecular formula is C40H43IrN2O2S-. The van der Waals surface area contributed by atoms with Crippen molar-refractivity contribution in [1.29, 1.82) is 0 Å². The Morgan fingerprint density at radius 3 is 2.17 bits per heavy atom. The Labute approximate surface area is 290 Å². The van der Waals surface area contributed by atoms with Gasteiger partial charge in [-0.2, -0.15) is 0 Å². The Bertz CT molecular complexity index is 1990. The van der Waals surface area contributed by atoms with Crippen LogP contribution in [0.3, 0.4) is 0 Å². The molecule has 6 heteroatoms. The van der Waals surface area contributed by atoms with E-state index in [0.717, 1.165) is 52.5 Å². The molecular weight excluding hydrogens is 765 g/mol. The summed E-state index contributed by atoms with van der Waals surface area (Å²) in [4.78, 5) is 22.1. The van der Waals surface area contributed by atoms with Crippen molar-refractivity contribution in [2.75, 3.05) is 0 Å². The maximum absolute atomic E-state index is 11.7. The Balaban J connectivity index is 0.000000259. The summed E-state index contributed by atoms with van der Waals surface area (Å²) in [6.45, 7) is 12.6. The first-order valence-electron chi connectivity index (χ1n) is 16.3. The van der Waals surface area contributed by atoms with Crippen LogP contribution >= 0.6 is 11.3 Å². The quantitative estimate of drug-likeness (QED) is 0.0898. The minimum absolute atomic E-state index is 0. The second kappa shape index (κ2) is 15.9. The summed E-state index contributed by atoms with van der Waals surface area (Å²) in [5.74, 6) is 0.965. The molecule has 0 atom stereocenters. The number of ketones is 1. The number of aliphatic hydroxyl groups is 1. The zero-order valence-electron chi connectivity index (χ0n) is 27.6. The molecule has 0 aliphatic heterocycles. The van der Waals surface area contributed by atoms with E-state index in [1.807, 2.05) is 27.7 Å². The maximum Gasteiger partial charge on any atom is 0.162 e. The molecule has 0 aliphatic carbocycles. The van der Waals surface area contributed by atoms with Crippen molar-refractivity contribution in [1.82, 2.24) is 9.97 Å². The van der Waals surface area contributed by atoms with E-state index in [-0.39, 0.29) is 43.5 Å². The summed E-state index contributed by atoms with van der Waals surface area (Å²) in [6.07, 6.45) is 6.59. The molecule has 46 heavy (non-hydrogen) atoms. The van der Waals surface area contributed by atoms with E-state index in [1.165, 1.54) is 37.9 Å². The van der Waals surface area contributed by atoms with Gasteiger partial charge in [-0.3, -0.25) is 9.78 Å². The number of benzene rings is 4. The van der Waals surface area contributed by atoms with Crippen molar-refractivity contribution < 1.29 is 30.0 Å². The molecule has 4 aromatic carbocycles. The monoisotopic (exact) mass is 808 g/mol. The zero-order chi connectivity index (χ0) is 32.1. The van der Waals surface area contributed by atoms with Gasteiger partial charge in [0.25, 0.3) is 0 Å². The molecule has 6 rings (SSSR count). The minimum atomic E-state index is 0. The summed E-state index contributed by atoms with van der Waals surface area (Å²) in [6, 6.07) is 27.4. The second-order valence-corrected chi connectivity index (χ2v) is 13.0. The first-order valence-corrected chi connectivity index (χ1v) is 17.1. The van der Waals surface area contributed by atoms with E-state index in [4.69, 9.17) is 4.98 Å². The van der Waals surface area contributed by atoms with Crippen LogP contribution in [0.15, 0.2) is 84.9 Å². The van der Waals surface area contributed by atoms with Gasteiger partial charge in [0.2, 0.25) is 0 Å². The molecule has 6 aromatic rings. The molecule has 0 aliphatic rings. The molecule has 0 saturated heterocycles. The van der Waals surface area contributed by atoms with Crippen molar-refractivity contribution >= 4 is 59.0 Å². The molecule has 2 aromatic heterocycles. The first kappa shape index (κ1) is 35.4. The molecule has 0 spiro atoms. The predicted octanol–water partition coefficient (Wildman–Crippen LogP) is 11.6. The van der Waals surface area contributed by atoms with Crippen molar-refractivity contribution in [2.45, 2.75) is 73.1 Å². The molecule has 0 amide bonds. The Kier molecular flexibility index (Phi) is 12.2. The molecule has 0 saturated carbocycles. The summed E-state index contributed by atoms with van der Waals surface area (Å²) in [5, 5.41) is 17.0. The van der Waals surface area contributed by atoms with Crippen LogP contribution in [-0.2, 0) is 24.9 Å². The zero-order valence-corrected chi connectivity index (χ0v) is 30.8. The molecule has 0 bridgehead atoms. The van der Waals surface area contributed by atoms with Crippen molar-refractivity contribution in [2.24, 2.45) is 11.8 Å². The van der Waals surface area contributed by atoms with Gasteiger partial charge < -0.3 is 5.11 Å². The molecule has 0 fully saturated rings. The fourth-order valence-electron chi connectivity index (χ4n) is 6.22. The Morgan fingerprint density at radius 1 is 0.848 bits per heavy atom. The van der Waals surface area contributed by atoms with Crippen LogP contribution in [0.4, 0.5) is 0 Å². The third kappa shape index (κ3) is 7.25. The van der Waals surface area contributed by atoms with Gasteiger partial charge in [0.05, 0.1) is 5.76 Å². The van der Waals surface area contributed by atoms with Crippen molar-refractivity contribution in [3.63, 3.8) is 0 Å². The number of rotatable bonds is 9. The number of hydrogen-bond acceptors (Lipinski definition) is 5. The number of carbonyl (C=O) groups is 1. The molecule has 0 unspecified atom stereocenters. The number of nitrogens with zero attached hydrogens (tertiary/aromatic N) is 2. The second-order valence-electron chi connectivity index (χ2n) is 12.0. The van der Waals surface area contributed by atoms with Gasteiger partial charge >= 0.3 is 0 Å². The van der Waals surface area contributed by atoms with Gasteiger partial charge in [-0.25, -0.2) is 4.98 Å². The Hall–Kier alpha value is -3.44. The number of aliphatic hydroxyl groups excluding tert-OH is 1. The van der Waals surface area contributed by atoms with E-state index in [1.54, 1.807) is 17.7 Å². The number of allylic oxidation sites excluding steroid dienone is 2. The van der Waals surface area contributed by atoms with E-state index in [9.17, 15) is 9.90 Å². The van der Waals surface area contributed by atoms with Gasteiger partial charge in [0, 0.05) is 59.2 Å². The predicted molar refractivity (Wildman–Crippen MR) is 192 cm³/mol. The van der Waals surface area contributed by atoms with Gasteiger partial charge in [-0.05, 0) is 48.4 Å². The van der Waals surface area contributed by atoms with Gasteiger partial charge in [-0.15, -0.1) is 40.5 Å². The van der Waals surface area contributed by atoms with E-state index < -0.39 is 0 Å². The number of thiophene rings is 1. The van der Waals surface area contributed by atoms with Crippen LogP contribution in [-0.4, -0.2) is 20.9 Å². The smallest absolute Gasteiger partial charge is 0.162 e. The van der Waals surface area contributed by atoms with E-state index >= 15 is 0 Å². The molecule has 2 heterocycles. The summed E-state index contributed by atoms with van der Waals surface area (Å²) < 4.78 is 1.25. The third-order valence-electron chi connectivity index (χ3n) is 8.93. The Morgan fingerprint density at radius 2 is 1.50 bits per heavy atom. The normalized spacial score (nSPS) is 11.9. The third-order valence-corrected chi connectivity index (χ3v) is 9.99. The van der Waals surface area contributed by atoms with Crippen LogP contribution in [0.25, 0.3) is 53.1 Å². The fourth-order valence-corrected chi connectivity index (χ4v) is 7.28. The molecule has 241 valence electrons. The van der Waals surface area contributed by atoms with Gasteiger partial charge in [-0.1, -0.05) is 101 Å². The molecule has 4 nitrogen and oxygen atoms in total. The first-order chi connectivity index (χ1) is 21.8.